The monoisotopic (exact) mass is 336 g/mol. The Balaban J connectivity index is 2.20. The van der Waals surface area contributed by atoms with Crippen LogP contribution >= 0.6 is 15.9 Å². The number of nitrogens with two attached hydrogens (primary N) is 1. The van der Waals surface area contributed by atoms with E-state index in [2.05, 4.69) is 20.9 Å². The second-order valence-corrected chi connectivity index (χ2v) is 5.32. The summed E-state index contributed by atoms with van der Waals surface area (Å²) in [6, 6.07) is 9.27. The van der Waals surface area contributed by atoms with Crippen LogP contribution < -0.4 is 15.2 Å². The van der Waals surface area contributed by atoms with Crippen molar-refractivity contribution in [2.45, 2.75) is 20.3 Å². The van der Waals surface area contributed by atoms with Crippen LogP contribution in [0.5, 0.6) is 17.5 Å². The molecule has 2 rings (SSSR count). The molecule has 0 radical (unpaired) electrons. The van der Waals surface area contributed by atoms with Crippen LogP contribution in [0.3, 0.4) is 0 Å². The molecule has 0 fully saturated rings. The predicted molar refractivity (Wildman–Crippen MR) is 83.4 cm³/mol. The topological polar surface area (TPSA) is 57.4 Å². The van der Waals surface area contributed by atoms with E-state index in [1.54, 1.807) is 12.1 Å². The Morgan fingerprint density at radius 2 is 2.05 bits per heavy atom. The summed E-state index contributed by atoms with van der Waals surface area (Å²) in [6.07, 6.45) is 0.901. The summed E-state index contributed by atoms with van der Waals surface area (Å²) >= 11 is 3.42. The molecular weight excluding hydrogens is 320 g/mol. The molecule has 5 heteroatoms. The molecule has 4 nitrogen and oxygen atoms in total. The summed E-state index contributed by atoms with van der Waals surface area (Å²) in [5.41, 5.74) is 7.36. The predicted octanol–water partition coefficient (Wildman–Crippen LogP) is 4.32. The smallest absolute Gasteiger partial charge is 0.240 e. The second kappa shape index (κ2) is 6.61. The lowest BCUT2D eigenvalue weighted by molar-refractivity contribution is 0.302. The van der Waals surface area contributed by atoms with Gasteiger partial charge in [-0.15, -0.1) is 0 Å². The van der Waals surface area contributed by atoms with Crippen LogP contribution in [0.25, 0.3) is 0 Å². The molecule has 1 heterocycles. The minimum Gasteiger partial charge on any atom is -0.476 e. The highest BCUT2D eigenvalue weighted by atomic mass is 79.9. The van der Waals surface area contributed by atoms with Crippen molar-refractivity contribution in [3.05, 3.63) is 40.4 Å². The number of halogens is 1. The van der Waals surface area contributed by atoms with Crippen molar-refractivity contribution in [3.8, 4) is 17.5 Å². The standard InChI is InChI=1S/C15H17BrN2O2/c1-3-8-19-15-12(17)5-7-14(18-15)20-13-6-4-11(16)9-10(13)2/h4-7,9H,3,8,17H2,1-2H3. The number of aromatic nitrogens is 1. The van der Waals surface area contributed by atoms with E-state index in [4.69, 9.17) is 15.2 Å². The Bertz CT molecular complexity index is 602. The van der Waals surface area contributed by atoms with Crippen molar-refractivity contribution < 1.29 is 9.47 Å². The Hall–Kier alpha value is -1.75. The first kappa shape index (κ1) is 14.7. The van der Waals surface area contributed by atoms with Gasteiger partial charge >= 0.3 is 0 Å². The molecule has 0 aliphatic rings. The Labute approximate surface area is 127 Å². The number of anilines is 1. The first-order chi connectivity index (χ1) is 9.60. The highest BCUT2D eigenvalue weighted by Gasteiger charge is 2.07. The molecule has 0 spiro atoms. The summed E-state index contributed by atoms with van der Waals surface area (Å²) in [7, 11) is 0. The quantitative estimate of drug-likeness (QED) is 0.883. The number of benzene rings is 1. The lowest BCUT2D eigenvalue weighted by atomic mass is 10.2. The maximum Gasteiger partial charge on any atom is 0.240 e. The van der Waals surface area contributed by atoms with E-state index in [0.717, 1.165) is 22.2 Å². The third-order valence-electron chi connectivity index (χ3n) is 2.66. The Kier molecular flexibility index (Phi) is 4.84. The number of pyridine rings is 1. The maximum absolute atomic E-state index is 5.82. The Morgan fingerprint density at radius 1 is 1.25 bits per heavy atom. The van der Waals surface area contributed by atoms with Gasteiger partial charge in [-0.2, -0.15) is 4.98 Å². The van der Waals surface area contributed by atoms with Crippen LogP contribution in [0.4, 0.5) is 5.69 Å². The minimum atomic E-state index is 0.416. The van der Waals surface area contributed by atoms with Gasteiger partial charge in [0.2, 0.25) is 11.8 Å². The fraction of sp³-hybridized carbons (Fsp3) is 0.267. The van der Waals surface area contributed by atoms with Crippen molar-refractivity contribution in [3.63, 3.8) is 0 Å². The van der Waals surface area contributed by atoms with Crippen LogP contribution in [0.1, 0.15) is 18.9 Å². The summed E-state index contributed by atoms with van der Waals surface area (Å²) < 4.78 is 12.3. The van der Waals surface area contributed by atoms with Crippen LogP contribution in [0.2, 0.25) is 0 Å². The summed E-state index contributed by atoms with van der Waals surface area (Å²) in [4.78, 5) is 4.29. The third-order valence-corrected chi connectivity index (χ3v) is 3.15. The van der Waals surface area contributed by atoms with Gasteiger partial charge in [0, 0.05) is 10.5 Å². The van der Waals surface area contributed by atoms with Crippen LogP contribution in [0, 0.1) is 6.92 Å². The summed E-state index contributed by atoms with van der Waals surface area (Å²) in [6.45, 7) is 4.59. The van der Waals surface area contributed by atoms with E-state index < -0.39 is 0 Å². The van der Waals surface area contributed by atoms with Crippen molar-refractivity contribution >= 4 is 21.6 Å². The fourth-order valence-electron chi connectivity index (χ4n) is 1.65. The lowest BCUT2D eigenvalue weighted by Gasteiger charge is -2.11. The van der Waals surface area contributed by atoms with Gasteiger partial charge in [0.25, 0.3) is 0 Å². The minimum absolute atomic E-state index is 0.416. The van der Waals surface area contributed by atoms with Gasteiger partial charge in [0.1, 0.15) is 5.75 Å². The lowest BCUT2D eigenvalue weighted by Crippen LogP contribution is -2.02. The molecule has 20 heavy (non-hydrogen) atoms. The molecule has 0 saturated carbocycles. The summed E-state index contributed by atoms with van der Waals surface area (Å²) in [5, 5.41) is 0. The molecule has 0 atom stereocenters. The average Bonchev–Trinajstić information content (AvgIpc) is 2.42. The zero-order valence-electron chi connectivity index (χ0n) is 11.5. The fourth-order valence-corrected chi connectivity index (χ4v) is 2.12. The molecule has 0 aliphatic carbocycles. The molecule has 1 aromatic carbocycles. The van der Waals surface area contributed by atoms with Crippen molar-refractivity contribution in [2.24, 2.45) is 0 Å². The molecule has 0 saturated heterocycles. The van der Waals surface area contributed by atoms with Gasteiger partial charge in [-0.3, -0.25) is 0 Å². The molecular formula is C15H17BrN2O2. The van der Waals surface area contributed by atoms with Gasteiger partial charge in [-0.1, -0.05) is 22.9 Å². The summed E-state index contributed by atoms with van der Waals surface area (Å²) in [5.74, 6) is 1.64. The van der Waals surface area contributed by atoms with Gasteiger partial charge in [-0.05, 0) is 43.2 Å². The van der Waals surface area contributed by atoms with Crippen LogP contribution in [0.15, 0.2) is 34.8 Å². The number of hydrogen-bond donors (Lipinski definition) is 1. The number of ether oxygens (including phenoxy) is 2. The highest BCUT2D eigenvalue weighted by molar-refractivity contribution is 9.10. The van der Waals surface area contributed by atoms with E-state index in [1.165, 1.54) is 0 Å². The second-order valence-electron chi connectivity index (χ2n) is 4.40. The molecule has 0 unspecified atom stereocenters. The number of aryl methyl sites for hydroxylation is 1. The average molecular weight is 337 g/mol. The van der Waals surface area contributed by atoms with Crippen molar-refractivity contribution in [1.29, 1.82) is 0 Å². The van der Waals surface area contributed by atoms with E-state index in [0.29, 0.717) is 24.1 Å². The Morgan fingerprint density at radius 3 is 2.75 bits per heavy atom. The first-order valence-electron chi connectivity index (χ1n) is 6.43. The number of hydrogen-bond acceptors (Lipinski definition) is 4. The zero-order valence-corrected chi connectivity index (χ0v) is 13.1. The highest BCUT2D eigenvalue weighted by Crippen LogP contribution is 2.29. The van der Waals surface area contributed by atoms with E-state index in [-0.39, 0.29) is 0 Å². The molecule has 0 aliphatic heterocycles. The molecule has 1 aromatic heterocycles. The molecule has 2 N–H and O–H groups in total. The van der Waals surface area contributed by atoms with Crippen molar-refractivity contribution in [1.82, 2.24) is 4.98 Å². The molecule has 0 bridgehead atoms. The first-order valence-corrected chi connectivity index (χ1v) is 7.22. The van der Waals surface area contributed by atoms with Crippen LogP contribution in [-0.2, 0) is 0 Å². The van der Waals surface area contributed by atoms with Crippen LogP contribution in [-0.4, -0.2) is 11.6 Å². The molecule has 106 valence electrons. The molecule has 0 amide bonds. The number of nitrogen functional groups attached to an aromatic ring is 1. The van der Waals surface area contributed by atoms with Gasteiger partial charge < -0.3 is 15.2 Å². The van der Waals surface area contributed by atoms with E-state index in [9.17, 15) is 0 Å². The SMILES string of the molecule is CCCOc1nc(Oc2ccc(Br)cc2C)ccc1N. The van der Waals surface area contributed by atoms with Gasteiger partial charge in [0.05, 0.1) is 12.3 Å². The number of nitrogens with zero attached hydrogens (tertiary/aromatic N) is 1. The molecule has 2 aromatic rings. The van der Waals surface area contributed by atoms with E-state index >= 15 is 0 Å². The normalized spacial score (nSPS) is 10.3. The third kappa shape index (κ3) is 3.63. The maximum atomic E-state index is 5.82. The largest absolute Gasteiger partial charge is 0.476 e. The zero-order chi connectivity index (χ0) is 14.5. The van der Waals surface area contributed by atoms with E-state index in [1.807, 2.05) is 32.0 Å². The van der Waals surface area contributed by atoms with Crippen molar-refractivity contribution in [2.75, 3.05) is 12.3 Å². The number of rotatable bonds is 5. The van der Waals surface area contributed by atoms with Gasteiger partial charge in [0.15, 0.2) is 0 Å². The van der Waals surface area contributed by atoms with Gasteiger partial charge in [-0.25, -0.2) is 0 Å².